The molecule has 0 saturated heterocycles. The number of carbonyl (C=O) groups excluding carboxylic acids is 1. The molecular weight excluding hydrogens is 356 g/mol. The van der Waals surface area contributed by atoms with E-state index in [-0.39, 0.29) is 5.78 Å². The summed E-state index contributed by atoms with van der Waals surface area (Å²) in [5.41, 5.74) is 1.32. The molecule has 4 heteroatoms. The van der Waals surface area contributed by atoms with Crippen LogP contribution in [-0.2, 0) is 0 Å². The first-order chi connectivity index (χ1) is 10.4. The van der Waals surface area contributed by atoms with Crippen molar-refractivity contribution in [1.82, 2.24) is 0 Å². The minimum absolute atomic E-state index is 0.00289. The second-order valence-electron chi connectivity index (χ2n) is 6.50. The van der Waals surface area contributed by atoms with E-state index in [4.69, 9.17) is 4.74 Å². The number of rotatable bonds is 6. The van der Waals surface area contributed by atoms with Gasteiger partial charge in [-0.2, -0.15) is 0 Å². The molecule has 22 heavy (non-hydrogen) atoms. The van der Waals surface area contributed by atoms with E-state index in [0.29, 0.717) is 17.7 Å². The summed E-state index contributed by atoms with van der Waals surface area (Å²) < 4.78 is 6.62. The van der Waals surface area contributed by atoms with Gasteiger partial charge in [0.2, 0.25) is 0 Å². The van der Waals surface area contributed by atoms with Crippen LogP contribution in [-0.4, -0.2) is 20.5 Å². The highest BCUT2D eigenvalue weighted by Crippen LogP contribution is 2.25. The Morgan fingerprint density at radius 1 is 1.09 bits per heavy atom. The molecule has 0 N–H and O–H groups in total. The zero-order valence-corrected chi connectivity index (χ0v) is 15.8. The fourth-order valence-corrected chi connectivity index (χ4v) is 3.13. The van der Waals surface area contributed by atoms with E-state index in [1.807, 2.05) is 48.5 Å². The Balaban J connectivity index is 2.15. The lowest BCUT2D eigenvalue weighted by atomic mass is 10.0. The Bertz CT molecular complexity index is 648. The summed E-state index contributed by atoms with van der Waals surface area (Å²) in [5.74, 6) is 0.754. The monoisotopic (exact) mass is 376 g/mol. The van der Waals surface area contributed by atoms with Crippen molar-refractivity contribution in [2.45, 2.75) is 25.7 Å². The lowest BCUT2D eigenvalue weighted by Gasteiger charge is -2.16. The van der Waals surface area contributed by atoms with Gasteiger partial charge in [0.05, 0.1) is 6.61 Å². The molecule has 0 saturated carbocycles. The largest absolute Gasteiger partial charge is 0.494 e. The van der Waals surface area contributed by atoms with E-state index >= 15 is 0 Å². The molecule has 0 unspecified atom stereocenters. The molecule has 0 amide bonds. The molecule has 0 aromatic heterocycles. The summed E-state index contributed by atoms with van der Waals surface area (Å²) in [6.45, 7) is 7.67. The van der Waals surface area contributed by atoms with Crippen LogP contribution in [0.25, 0.3) is 0 Å². The molecule has 2 aromatic carbocycles. The SMILES string of the molecule is C[Si](C)(C)CCOc1ccc(Br)c(C(=O)c2ccccc2)c1. The molecule has 0 atom stereocenters. The van der Waals surface area contributed by atoms with Gasteiger partial charge < -0.3 is 4.74 Å². The Morgan fingerprint density at radius 2 is 1.77 bits per heavy atom. The van der Waals surface area contributed by atoms with E-state index in [2.05, 4.69) is 35.6 Å². The minimum atomic E-state index is -1.11. The van der Waals surface area contributed by atoms with Gasteiger partial charge in [-0.05, 0) is 24.2 Å². The smallest absolute Gasteiger partial charge is 0.194 e. The molecule has 0 aliphatic carbocycles. The molecule has 0 radical (unpaired) electrons. The normalized spacial score (nSPS) is 11.3. The van der Waals surface area contributed by atoms with Crippen molar-refractivity contribution < 1.29 is 9.53 Å². The van der Waals surface area contributed by atoms with Gasteiger partial charge in [-0.25, -0.2) is 0 Å². The maximum absolute atomic E-state index is 12.6. The summed E-state index contributed by atoms with van der Waals surface area (Å²) >= 11 is 3.46. The first-order valence-corrected chi connectivity index (χ1v) is 11.9. The zero-order valence-electron chi connectivity index (χ0n) is 13.2. The molecule has 0 heterocycles. The number of halogens is 1. The molecule has 0 bridgehead atoms. The van der Waals surface area contributed by atoms with Gasteiger partial charge in [0.25, 0.3) is 0 Å². The van der Waals surface area contributed by atoms with Crippen molar-refractivity contribution in [2.24, 2.45) is 0 Å². The standard InChI is InChI=1S/C18H21BrO2Si/c1-22(2,3)12-11-21-15-9-10-17(19)16(13-15)18(20)14-7-5-4-6-8-14/h4-10,13H,11-12H2,1-3H3. The number of hydrogen-bond donors (Lipinski definition) is 0. The van der Waals surface area contributed by atoms with Crippen LogP contribution in [0.2, 0.25) is 25.7 Å². The first-order valence-electron chi connectivity index (χ1n) is 7.39. The Labute approximate surface area is 141 Å². The number of carbonyl (C=O) groups is 1. The van der Waals surface area contributed by atoms with Crippen LogP contribution < -0.4 is 4.74 Å². The Morgan fingerprint density at radius 3 is 2.41 bits per heavy atom. The summed E-state index contributed by atoms with van der Waals surface area (Å²) in [4.78, 5) is 12.6. The van der Waals surface area contributed by atoms with Crippen LogP contribution >= 0.6 is 15.9 Å². The lowest BCUT2D eigenvalue weighted by molar-refractivity contribution is 0.103. The number of hydrogen-bond acceptors (Lipinski definition) is 2. The van der Waals surface area contributed by atoms with Crippen molar-refractivity contribution in [3.63, 3.8) is 0 Å². The summed E-state index contributed by atoms with van der Waals surface area (Å²) in [6, 6.07) is 16.0. The summed E-state index contributed by atoms with van der Waals surface area (Å²) in [5, 5.41) is 0. The van der Waals surface area contributed by atoms with Crippen molar-refractivity contribution >= 4 is 29.8 Å². The zero-order chi connectivity index (χ0) is 16.2. The van der Waals surface area contributed by atoms with Crippen LogP contribution in [0.5, 0.6) is 5.75 Å². The molecule has 116 valence electrons. The third-order valence-electron chi connectivity index (χ3n) is 3.34. The van der Waals surface area contributed by atoms with Gasteiger partial charge >= 0.3 is 0 Å². The second kappa shape index (κ2) is 7.25. The highest BCUT2D eigenvalue weighted by molar-refractivity contribution is 9.10. The van der Waals surface area contributed by atoms with Crippen molar-refractivity contribution in [3.8, 4) is 5.75 Å². The quantitative estimate of drug-likeness (QED) is 0.498. The average molecular weight is 377 g/mol. The maximum Gasteiger partial charge on any atom is 0.194 e. The van der Waals surface area contributed by atoms with Gasteiger partial charge in [-0.1, -0.05) is 65.9 Å². The van der Waals surface area contributed by atoms with Crippen LogP contribution in [0.4, 0.5) is 0 Å². The minimum Gasteiger partial charge on any atom is -0.494 e. The van der Waals surface area contributed by atoms with Crippen molar-refractivity contribution in [2.75, 3.05) is 6.61 Å². The topological polar surface area (TPSA) is 26.3 Å². The van der Waals surface area contributed by atoms with E-state index in [1.54, 1.807) is 0 Å². The van der Waals surface area contributed by atoms with Gasteiger partial charge in [0, 0.05) is 23.7 Å². The number of ketones is 1. The third-order valence-corrected chi connectivity index (χ3v) is 5.73. The highest BCUT2D eigenvalue weighted by atomic mass is 79.9. The van der Waals surface area contributed by atoms with Crippen LogP contribution in [0.3, 0.4) is 0 Å². The van der Waals surface area contributed by atoms with Crippen molar-refractivity contribution in [1.29, 1.82) is 0 Å². The van der Waals surface area contributed by atoms with Gasteiger partial charge in [-0.15, -0.1) is 0 Å². The molecule has 2 nitrogen and oxygen atoms in total. The highest BCUT2D eigenvalue weighted by Gasteiger charge is 2.15. The molecule has 0 aliphatic rings. The fourth-order valence-electron chi connectivity index (χ4n) is 1.99. The Kier molecular flexibility index (Phi) is 5.59. The van der Waals surface area contributed by atoms with E-state index in [9.17, 15) is 4.79 Å². The molecule has 2 rings (SSSR count). The van der Waals surface area contributed by atoms with E-state index in [0.717, 1.165) is 16.3 Å². The predicted molar refractivity (Wildman–Crippen MR) is 97.7 cm³/mol. The molecule has 2 aromatic rings. The average Bonchev–Trinajstić information content (AvgIpc) is 2.48. The molecular formula is C18H21BrO2Si. The van der Waals surface area contributed by atoms with Gasteiger partial charge in [0.1, 0.15) is 5.75 Å². The van der Waals surface area contributed by atoms with Crippen LogP contribution in [0.1, 0.15) is 15.9 Å². The summed E-state index contributed by atoms with van der Waals surface area (Å²) in [7, 11) is -1.11. The second-order valence-corrected chi connectivity index (χ2v) is 13.0. The maximum atomic E-state index is 12.6. The van der Waals surface area contributed by atoms with Gasteiger partial charge in [0.15, 0.2) is 5.78 Å². The lowest BCUT2D eigenvalue weighted by Crippen LogP contribution is -2.22. The first kappa shape index (κ1) is 17.0. The fraction of sp³-hybridized carbons (Fsp3) is 0.278. The molecule has 0 spiro atoms. The van der Waals surface area contributed by atoms with Crippen LogP contribution in [0.15, 0.2) is 53.0 Å². The predicted octanol–water partition coefficient (Wildman–Crippen LogP) is 5.40. The summed E-state index contributed by atoms with van der Waals surface area (Å²) in [6.07, 6.45) is 0. The third kappa shape index (κ3) is 4.82. The molecule has 0 fully saturated rings. The van der Waals surface area contributed by atoms with E-state index < -0.39 is 8.07 Å². The Hall–Kier alpha value is -1.39. The number of benzene rings is 2. The van der Waals surface area contributed by atoms with E-state index in [1.165, 1.54) is 0 Å². The van der Waals surface area contributed by atoms with Crippen LogP contribution in [0, 0.1) is 0 Å². The molecule has 0 aliphatic heterocycles. The van der Waals surface area contributed by atoms with Crippen molar-refractivity contribution in [3.05, 3.63) is 64.1 Å². The van der Waals surface area contributed by atoms with Gasteiger partial charge in [-0.3, -0.25) is 4.79 Å². The number of ether oxygens (including phenoxy) is 1.